The molecule has 0 saturated carbocycles. The molecule has 0 unspecified atom stereocenters. The number of ether oxygens (including phenoxy) is 2. The molecule has 1 amide bonds. The highest BCUT2D eigenvalue weighted by Gasteiger charge is 2.42. The van der Waals surface area contributed by atoms with E-state index in [1.807, 2.05) is 43.9 Å². The van der Waals surface area contributed by atoms with Crippen molar-refractivity contribution < 1.29 is 19.1 Å². The molecule has 5 nitrogen and oxygen atoms in total. The predicted octanol–water partition coefficient (Wildman–Crippen LogP) is 4.03. The van der Waals surface area contributed by atoms with Crippen molar-refractivity contribution in [3.63, 3.8) is 0 Å². The summed E-state index contributed by atoms with van der Waals surface area (Å²) >= 11 is 0. The summed E-state index contributed by atoms with van der Waals surface area (Å²) in [5.41, 5.74) is 2.07. The normalized spacial score (nSPS) is 22.4. The van der Waals surface area contributed by atoms with Crippen LogP contribution in [0.5, 0.6) is 0 Å². The fourth-order valence-electron chi connectivity index (χ4n) is 3.68. The van der Waals surface area contributed by atoms with Gasteiger partial charge in [-0.05, 0) is 57.2 Å². The number of amides is 1. The Bertz CT molecular complexity index is 717. The zero-order valence-corrected chi connectivity index (χ0v) is 15.2. The summed E-state index contributed by atoms with van der Waals surface area (Å²) in [6, 6.07) is 7.62. The van der Waals surface area contributed by atoms with Gasteiger partial charge in [-0.15, -0.1) is 0 Å². The second kappa shape index (κ2) is 6.54. The lowest BCUT2D eigenvalue weighted by Gasteiger charge is -2.35. The number of benzene rings is 1. The second-order valence-corrected chi connectivity index (χ2v) is 7.62. The first-order chi connectivity index (χ1) is 11.8. The van der Waals surface area contributed by atoms with E-state index in [-0.39, 0.29) is 24.1 Å². The Kier molecular flexibility index (Phi) is 4.58. The molecule has 2 heterocycles. The maximum atomic E-state index is 12.5. The van der Waals surface area contributed by atoms with Crippen LogP contribution < -0.4 is 0 Å². The van der Waals surface area contributed by atoms with E-state index in [2.05, 4.69) is 6.08 Å². The molecule has 2 aliphatic rings. The van der Waals surface area contributed by atoms with E-state index >= 15 is 0 Å². The maximum Gasteiger partial charge on any atom is 0.411 e. The third-order valence-corrected chi connectivity index (χ3v) is 4.68. The molecule has 1 aromatic rings. The van der Waals surface area contributed by atoms with Crippen LogP contribution >= 0.6 is 0 Å². The molecule has 134 valence electrons. The number of fused-ring (bicyclic) bond motifs is 2. The first-order valence-corrected chi connectivity index (χ1v) is 8.70. The van der Waals surface area contributed by atoms with Gasteiger partial charge in [0.2, 0.25) is 0 Å². The molecule has 3 rings (SSSR count). The van der Waals surface area contributed by atoms with Crippen molar-refractivity contribution in [2.45, 2.75) is 57.7 Å². The average Bonchev–Trinajstić information content (AvgIpc) is 2.83. The lowest BCUT2D eigenvalue weighted by atomic mass is 9.91. The molecule has 2 bridgehead atoms. The quantitative estimate of drug-likeness (QED) is 0.761. The van der Waals surface area contributed by atoms with E-state index in [0.717, 1.165) is 30.4 Å². The lowest BCUT2D eigenvalue weighted by molar-refractivity contribution is 0.0174. The largest absolute Gasteiger partial charge is 0.465 e. The van der Waals surface area contributed by atoms with Gasteiger partial charge < -0.3 is 9.47 Å². The van der Waals surface area contributed by atoms with Gasteiger partial charge in [0.05, 0.1) is 18.7 Å². The van der Waals surface area contributed by atoms with Gasteiger partial charge in [-0.25, -0.2) is 9.59 Å². The molecule has 0 radical (unpaired) electrons. The first kappa shape index (κ1) is 17.5. The zero-order chi connectivity index (χ0) is 18.2. The maximum absolute atomic E-state index is 12.5. The standard InChI is InChI=1S/C20H25NO4/c1-20(2,3)25-19(23)21-14-9-10-15(21)12-13(11-14)16-7-5-6-8-17(16)18(22)24-4/h5-8,11,14-15H,9-10,12H2,1-4H3/t14-,15+/m0/s1. The van der Waals surface area contributed by atoms with Crippen LogP contribution in [0.25, 0.3) is 5.57 Å². The molecule has 25 heavy (non-hydrogen) atoms. The summed E-state index contributed by atoms with van der Waals surface area (Å²) in [6.45, 7) is 5.64. The van der Waals surface area contributed by atoms with Crippen LogP contribution in [-0.2, 0) is 9.47 Å². The predicted molar refractivity (Wildman–Crippen MR) is 95.3 cm³/mol. The molecule has 1 fully saturated rings. The van der Waals surface area contributed by atoms with Gasteiger partial charge >= 0.3 is 12.1 Å². The number of carbonyl (C=O) groups excluding carboxylic acids is 2. The summed E-state index contributed by atoms with van der Waals surface area (Å²) in [6.07, 6.45) is 4.45. The van der Waals surface area contributed by atoms with Gasteiger partial charge in [0.15, 0.2) is 0 Å². The number of hydrogen-bond donors (Lipinski definition) is 0. The number of hydrogen-bond acceptors (Lipinski definition) is 4. The molecule has 2 aliphatic heterocycles. The van der Waals surface area contributed by atoms with Crippen LogP contribution in [0.4, 0.5) is 4.79 Å². The molecule has 0 aliphatic carbocycles. The summed E-state index contributed by atoms with van der Waals surface area (Å²) in [4.78, 5) is 26.4. The van der Waals surface area contributed by atoms with Crippen LogP contribution in [0.1, 0.15) is 56.0 Å². The molecular formula is C20H25NO4. The highest BCUT2D eigenvalue weighted by atomic mass is 16.6. The third-order valence-electron chi connectivity index (χ3n) is 4.68. The molecule has 0 aromatic heterocycles. The Morgan fingerprint density at radius 2 is 1.88 bits per heavy atom. The molecule has 0 spiro atoms. The summed E-state index contributed by atoms with van der Waals surface area (Å²) in [5.74, 6) is -0.335. The molecule has 0 N–H and O–H groups in total. The van der Waals surface area contributed by atoms with Gasteiger partial charge in [0.1, 0.15) is 5.60 Å². The Labute approximate surface area is 148 Å². The van der Waals surface area contributed by atoms with Gasteiger partial charge in [-0.3, -0.25) is 4.90 Å². The fraction of sp³-hybridized carbons (Fsp3) is 0.500. The van der Waals surface area contributed by atoms with Gasteiger partial charge in [-0.2, -0.15) is 0 Å². The van der Waals surface area contributed by atoms with Gasteiger partial charge in [0, 0.05) is 6.04 Å². The SMILES string of the molecule is COC(=O)c1ccccc1C1=C[C@@H]2CC[C@H](C1)N2C(=O)OC(C)(C)C. The van der Waals surface area contributed by atoms with Crippen LogP contribution in [0, 0.1) is 0 Å². The van der Waals surface area contributed by atoms with Crippen molar-refractivity contribution in [2.75, 3.05) is 7.11 Å². The molecule has 5 heteroatoms. The van der Waals surface area contributed by atoms with Crippen LogP contribution in [0.15, 0.2) is 30.3 Å². The summed E-state index contributed by atoms with van der Waals surface area (Å²) in [7, 11) is 1.39. The highest BCUT2D eigenvalue weighted by Crippen LogP contribution is 2.40. The van der Waals surface area contributed by atoms with Crippen molar-refractivity contribution in [1.29, 1.82) is 0 Å². The van der Waals surface area contributed by atoms with Crippen molar-refractivity contribution in [2.24, 2.45) is 0 Å². The third kappa shape index (κ3) is 3.55. The smallest absolute Gasteiger partial charge is 0.411 e. The minimum atomic E-state index is -0.502. The monoisotopic (exact) mass is 343 g/mol. The van der Waals surface area contributed by atoms with Crippen molar-refractivity contribution in [1.82, 2.24) is 4.90 Å². The molecule has 2 atom stereocenters. The topological polar surface area (TPSA) is 55.8 Å². The molecule has 1 saturated heterocycles. The first-order valence-electron chi connectivity index (χ1n) is 8.70. The van der Waals surface area contributed by atoms with Crippen molar-refractivity contribution in [3.8, 4) is 0 Å². The molecular weight excluding hydrogens is 318 g/mol. The average molecular weight is 343 g/mol. The number of methoxy groups -OCH3 is 1. The van der Waals surface area contributed by atoms with Crippen LogP contribution in [-0.4, -0.2) is 41.8 Å². The Hall–Kier alpha value is -2.30. The summed E-state index contributed by atoms with van der Waals surface area (Å²) < 4.78 is 10.5. The van der Waals surface area contributed by atoms with E-state index in [1.165, 1.54) is 7.11 Å². The van der Waals surface area contributed by atoms with Gasteiger partial charge in [-0.1, -0.05) is 24.3 Å². The summed E-state index contributed by atoms with van der Waals surface area (Å²) in [5, 5.41) is 0. The second-order valence-electron chi connectivity index (χ2n) is 7.62. The van der Waals surface area contributed by atoms with Crippen molar-refractivity contribution >= 4 is 17.6 Å². The zero-order valence-electron chi connectivity index (χ0n) is 15.2. The van der Waals surface area contributed by atoms with Crippen LogP contribution in [0.3, 0.4) is 0 Å². The van der Waals surface area contributed by atoms with E-state index in [0.29, 0.717) is 5.56 Å². The van der Waals surface area contributed by atoms with E-state index < -0.39 is 5.60 Å². The Balaban J connectivity index is 1.88. The van der Waals surface area contributed by atoms with E-state index in [1.54, 1.807) is 6.07 Å². The highest BCUT2D eigenvalue weighted by molar-refractivity contribution is 5.95. The Morgan fingerprint density at radius 3 is 2.52 bits per heavy atom. The molecule has 1 aromatic carbocycles. The number of rotatable bonds is 2. The minimum Gasteiger partial charge on any atom is -0.465 e. The number of carbonyl (C=O) groups is 2. The van der Waals surface area contributed by atoms with Crippen LogP contribution in [0.2, 0.25) is 0 Å². The Morgan fingerprint density at radius 1 is 1.16 bits per heavy atom. The van der Waals surface area contributed by atoms with E-state index in [4.69, 9.17) is 9.47 Å². The number of nitrogens with zero attached hydrogens (tertiary/aromatic N) is 1. The number of esters is 1. The van der Waals surface area contributed by atoms with Crippen molar-refractivity contribution in [3.05, 3.63) is 41.5 Å². The van der Waals surface area contributed by atoms with Gasteiger partial charge in [0.25, 0.3) is 0 Å². The van der Waals surface area contributed by atoms with E-state index in [9.17, 15) is 9.59 Å². The fourth-order valence-corrected chi connectivity index (χ4v) is 3.68. The minimum absolute atomic E-state index is 0.0225. The lowest BCUT2D eigenvalue weighted by Crippen LogP contribution is -2.45.